The van der Waals surface area contributed by atoms with Crippen molar-refractivity contribution in [2.24, 2.45) is 0 Å². The van der Waals surface area contributed by atoms with Crippen molar-refractivity contribution in [2.45, 2.75) is 64.1 Å². The first-order valence-corrected chi connectivity index (χ1v) is 8.07. The maximum atomic E-state index is 11.9. The van der Waals surface area contributed by atoms with Crippen LogP contribution < -0.4 is 10.6 Å². The Balaban J connectivity index is 1.85. The molecule has 1 fully saturated rings. The summed E-state index contributed by atoms with van der Waals surface area (Å²) in [7, 11) is 0. The lowest BCUT2D eigenvalue weighted by molar-refractivity contribution is 0.0492. The molecule has 1 saturated carbocycles. The lowest BCUT2D eigenvalue weighted by Crippen LogP contribution is -2.43. The highest BCUT2D eigenvalue weighted by atomic mass is 35.5. The van der Waals surface area contributed by atoms with Crippen molar-refractivity contribution in [2.75, 3.05) is 5.32 Å². The molecule has 2 rings (SSSR count). The number of amides is 1. The Morgan fingerprint density at radius 3 is 2.77 bits per heavy atom. The van der Waals surface area contributed by atoms with Crippen LogP contribution in [-0.4, -0.2) is 28.8 Å². The van der Waals surface area contributed by atoms with Gasteiger partial charge in [-0.1, -0.05) is 11.6 Å². The number of alkyl carbamates (subject to hydrolysis) is 1. The van der Waals surface area contributed by atoms with Gasteiger partial charge in [0.05, 0.1) is 0 Å². The largest absolute Gasteiger partial charge is 0.444 e. The van der Waals surface area contributed by atoms with Gasteiger partial charge in [-0.15, -0.1) is 0 Å². The van der Waals surface area contributed by atoms with Gasteiger partial charge in [0, 0.05) is 24.0 Å². The van der Waals surface area contributed by atoms with Gasteiger partial charge in [0.2, 0.25) is 0 Å². The molecule has 1 amide bonds. The average Bonchev–Trinajstić information content (AvgIpc) is 2.36. The fourth-order valence-electron chi connectivity index (χ4n) is 2.65. The van der Waals surface area contributed by atoms with Crippen molar-refractivity contribution in [1.82, 2.24) is 10.3 Å². The van der Waals surface area contributed by atoms with Crippen molar-refractivity contribution in [3.63, 3.8) is 0 Å². The molecule has 0 saturated heterocycles. The summed E-state index contributed by atoms with van der Waals surface area (Å²) in [5.74, 6) is 0. The van der Waals surface area contributed by atoms with E-state index in [9.17, 15) is 4.79 Å². The SMILES string of the molecule is CC(C)(C)OC(=O)NC1CCCC(Nc2ccnc(Cl)c2)C1. The zero-order valence-corrected chi connectivity index (χ0v) is 14.1. The molecular weight excluding hydrogens is 302 g/mol. The molecule has 6 heteroatoms. The van der Waals surface area contributed by atoms with Crippen LogP contribution in [-0.2, 0) is 4.74 Å². The normalized spacial score (nSPS) is 22.0. The summed E-state index contributed by atoms with van der Waals surface area (Å²) < 4.78 is 5.31. The van der Waals surface area contributed by atoms with Crippen molar-refractivity contribution in [3.8, 4) is 0 Å². The average molecular weight is 326 g/mol. The highest BCUT2D eigenvalue weighted by Gasteiger charge is 2.25. The van der Waals surface area contributed by atoms with E-state index in [1.54, 1.807) is 6.20 Å². The number of hydrogen-bond donors (Lipinski definition) is 2. The zero-order chi connectivity index (χ0) is 16.2. The van der Waals surface area contributed by atoms with Gasteiger partial charge in [-0.25, -0.2) is 9.78 Å². The van der Waals surface area contributed by atoms with Gasteiger partial charge in [0.15, 0.2) is 0 Å². The standard InChI is InChI=1S/C16H24ClN3O2/c1-16(2,3)22-15(21)20-12-6-4-5-11(9-12)19-13-7-8-18-14(17)10-13/h7-8,10-12H,4-6,9H2,1-3H3,(H,18,19)(H,20,21). The number of anilines is 1. The number of carbonyl (C=O) groups excluding carboxylic acids is 1. The van der Waals surface area contributed by atoms with E-state index in [1.165, 1.54) is 0 Å². The lowest BCUT2D eigenvalue weighted by atomic mass is 9.91. The van der Waals surface area contributed by atoms with Crippen molar-refractivity contribution in [1.29, 1.82) is 0 Å². The molecule has 122 valence electrons. The molecule has 0 spiro atoms. The molecule has 5 nitrogen and oxygen atoms in total. The van der Waals surface area contributed by atoms with E-state index < -0.39 is 5.60 Å². The Bertz CT molecular complexity index is 516. The van der Waals surface area contributed by atoms with E-state index in [4.69, 9.17) is 16.3 Å². The van der Waals surface area contributed by atoms with Gasteiger partial charge in [0.25, 0.3) is 0 Å². The van der Waals surface area contributed by atoms with Gasteiger partial charge in [0.1, 0.15) is 10.8 Å². The van der Waals surface area contributed by atoms with E-state index in [-0.39, 0.29) is 12.1 Å². The molecule has 1 aromatic rings. The molecule has 0 bridgehead atoms. The van der Waals surface area contributed by atoms with Gasteiger partial charge in [-0.05, 0) is 58.6 Å². The van der Waals surface area contributed by atoms with Gasteiger partial charge in [-0.2, -0.15) is 0 Å². The van der Waals surface area contributed by atoms with E-state index in [2.05, 4.69) is 15.6 Å². The van der Waals surface area contributed by atoms with Crippen LogP contribution in [0.25, 0.3) is 0 Å². The summed E-state index contributed by atoms with van der Waals surface area (Å²) in [6.45, 7) is 5.60. The summed E-state index contributed by atoms with van der Waals surface area (Å²) >= 11 is 5.90. The first kappa shape index (κ1) is 16.9. The second kappa shape index (κ2) is 7.18. The van der Waals surface area contributed by atoms with Crippen LogP contribution in [0.1, 0.15) is 46.5 Å². The van der Waals surface area contributed by atoms with Crippen LogP contribution in [0.2, 0.25) is 5.15 Å². The molecule has 2 unspecified atom stereocenters. The Morgan fingerprint density at radius 1 is 1.36 bits per heavy atom. The lowest BCUT2D eigenvalue weighted by Gasteiger charge is -2.31. The molecule has 1 aliphatic rings. The molecule has 1 aliphatic carbocycles. The van der Waals surface area contributed by atoms with Gasteiger partial charge in [-0.3, -0.25) is 0 Å². The summed E-state index contributed by atoms with van der Waals surface area (Å²) in [5, 5.41) is 6.90. The molecule has 2 atom stereocenters. The quantitative estimate of drug-likeness (QED) is 0.825. The Labute approximate surface area is 136 Å². The molecule has 0 aromatic carbocycles. The monoisotopic (exact) mass is 325 g/mol. The van der Waals surface area contributed by atoms with E-state index >= 15 is 0 Å². The first-order valence-electron chi connectivity index (χ1n) is 7.69. The number of ether oxygens (including phenoxy) is 1. The fraction of sp³-hybridized carbons (Fsp3) is 0.625. The predicted octanol–water partition coefficient (Wildman–Crippen LogP) is 3.98. The van der Waals surface area contributed by atoms with Crippen molar-refractivity contribution >= 4 is 23.4 Å². The van der Waals surface area contributed by atoms with Crippen LogP contribution in [0.15, 0.2) is 18.3 Å². The number of rotatable bonds is 3. The Hall–Kier alpha value is -1.49. The third-order valence-corrected chi connectivity index (χ3v) is 3.70. The fourth-order valence-corrected chi connectivity index (χ4v) is 2.83. The van der Waals surface area contributed by atoms with Crippen LogP contribution in [0.4, 0.5) is 10.5 Å². The molecule has 22 heavy (non-hydrogen) atoms. The molecule has 0 radical (unpaired) electrons. The minimum Gasteiger partial charge on any atom is -0.444 e. The summed E-state index contributed by atoms with van der Waals surface area (Å²) in [5.41, 5.74) is 0.493. The Kier molecular flexibility index (Phi) is 5.51. The first-order chi connectivity index (χ1) is 10.3. The summed E-state index contributed by atoms with van der Waals surface area (Å²) in [6, 6.07) is 4.16. The third kappa shape index (κ3) is 5.72. The number of hydrogen-bond acceptors (Lipinski definition) is 4. The number of pyridine rings is 1. The number of aromatic nitrogens is 1. The number of carbonyl (C=O) groups is 1. The smallest absolute Gasteiger partial charge is 0.407 e. The highest BCUT2D eigenvalue weighted by Crippen LogP contribution is 2.23. The topological polar surface area (TPSA) is 63.2 Å². The number of nitrogens with zero attached hydrogens (tertiary/aromatic N) is 1. The highest BCUT2D eigenvalue weighted by molar-refractivity contribution is 6.29. The summed E-state index contributed by atoms with van der Waals surface area (Å²) in [6.07, 6.45) is 5.34. The summed E-state index contributed by atoms with van der Waals surface area (Å²) in [4.78, 5) is 15.8. The maximum Gasteiger partial charge on any atom is 0.407 e. The van der Waals surface area contributed by atoms with E-state index in [1.807, 2.05) is 32.9 Å². The predicted molar refractivity (Wildman–Crippen MR) is 88.3 cm³/mol. The molecule has 1 aromatic heterocycles. The van der Waals surface area contributed by atoms with Crippen LogP contribution in [0, 0.1) is 0 Å². The maximum absolute atomic E-state index is 11.9. The molecule has 1 heterocycles. The number of halogens is 1. The minimum atomic E-state index is -0.468. The van der Waals surface area contributed by atoms with Gasteiger partial charge < -0.3 is 15.4 Å². The second-order valence-electron chi connectivity index (χ2n) is 6.72. The molecular formula is C16H24ClN3O2. The second-order valence-corrected chi connectivity index (χ2v) is 7.11. The van der Waals surface area contributed by atoms with Crippen LogP contribution >= 0.6 is 11.6 Å². The Morgan fingerprint density at radius 2 is 2.09 bits per heavy atom. The van der Waals surface area contributed by atoms with Crippen LogP contribution in [0.3, 0.4) is 0 Å². The van der Waals surface area contributed by atoms with Gasteiger partial charge >= 0.3 is 6.09 Å². The van der Waals surface area contributed by atoms with Crippen LogP contribution in [0.5, 0.6) is 0 Å². The van der Waals surface area contributed by atoms with Crippen molar-refractivity contribution < 1.29 is 9.53 Å². The zero-order valence-electron chi connectivity index (χ0n) is 13.4. The van der Waals surface area contributed by atoms with E-state index in [0.717, 1.165) is 31.4 Å². The molecule has 0 aliphatic heterocycles. The number of nitrogens with one attached hydrogen (secondary N) is 2. The van der Waals surface area contributed by atoms with E-state index in [0.29, 0.717) is 11.2 Å². The third-order valence-electron chi connectivity index (χ3n) is 3.49. The molecule has 2 N–H and O–H groups in total. The van der Waals surface area contributed by atoms with Crippen molar-refractivity contribution in [3.05, 3.63) is 23.5 Å². The minimum absolute atomic E-state index is 0.137.